The Labute approximate surface area is 208 Å². The number of ether oxygens (including phenoxy) is 1. The molecule has 1 aromatic rings. The van der Waals surface area contributed by atoms with Crippen molar-refractivity contribution < 1.29 is 27.9 Å². The molecule has 1 heterocycles. The molecule has 3 amide bonds. The van der Waals surface area contributed by atoms with Crippen LogP contribution in [0.25, 0.3) is 0 Å². The molecule has 3 rings (SSSR count). The van der Waals surface area contributed by atoms with E-state index in [1.165, 1.54) is 18.6 Å². The summed E-state index contributed by atoms with van der Waals surface area (Å²) in [7, 11) is -1.81. The third-order valence-corrected chi connectivity index (χ3v) is 7.31. The van der Waals surface area contributed by atoms with Gasteiger partial charge in [0.15, 0.2) is 0 Å². The van der Waals surface area contributed by atoms with Crippen molar-refractivity contribution in [3.8, 4) is 5.75 Å². The van der Waals surface area contributed by atoms with Crippen molar-refractivity contribution in [3.05, 3.63) is 23.8 Å². The summed E-state index contributed by atoms with van der Waals surface area (Å²) < 4.78 is 32.1. The minimum absolute atomic E-state index is 0.139. The monoisotopic (exact) mass is 510 g/mol. The van der Waals surface area contributed by atoms with Gasteiger partial charge in [-0.25, -0.2) is 13.2 Å². The van der Waals surface area contributed by atoms with Gasteiger partial charge in [0.1, 0.15) is 11.9 Å². The number of fused-ring (bicyclic) bond motifs is 1. The number of rotatable bonds is 7. The molecular formula is C24H38N4O6S. The van der Waals surface area contributed by atoms with Crippen LogP contribution in [0.4, 0.5) is 10.5 Å². The minimum atomic E-state index is -3.54. The van der Waals surface area contributed by atoms with E-state index in [2.05, 4.69) is 10.0 Å². The summed E-state index contributed by atoms with van der Waals surface area (Å²) in [5.74, 6) is -0.186. The average molecular weight is 511 g/mol. The molecule has 35 heavy (non-hydrogen) atoms. The van der Waals surface area contributed by atoms with E-state index in [9.17, 15) is 23.1 Å². The van der Waals surface area contributed by atoms with Crippen molar-refractivity contribution in [2.24, 2.45) is 5.92 Å². The van der Waals surface area contributed by atoms with E-state index in [-0.39, 0.29) is 41.8 Å². The highest BCUT2D eigenvalue weighted by Crippen LogP contribution is 2.31. The molecule has 0 spiro atoms. The number of nitrogens with one attached hydrogen (secondary N) is 2. The highest BCUT2D eigenvalue weighted by atomic mass is 32.2. The molecule has 3 N–H and O–H groups in total. The van der Waals surface area contributed by atoms with E-state index in [0.29, 0.717) is 18.8 Å². The lowest BCUT2D eigenvalue weighted by Gasteiger charge is -2.38. The minimum Gasteiger partial charge on any atom is -0.487 e. The van der Waals surface area contributed by atoms with Gasteiger partial charge in [-0.3, -0.25) is 9.52 Å². The molecular weight excluding hydrogens is 472 g/mol. The molecule has 1 aliphatic carbocycles. The van der Waals surface area contributed by atoms with Crippen LogP contribution < -0.4 is 14.8 Å². The lowest BCUT2D eigenvalue weighted by Crippen LogP contribution is -2.52. The predicted octanol–water partition coefficient (Wildman–Crippen LogP) is 2.25. The van der Waals surface area contributed by atoms with Crippen molar-refractivity contribution in [2.45, 2.75) is 64.1 Å². The second kappa shape index (κ2) is 11.5. The second-order valence-corrected chi connectivity index (χ2v) is 11.6. The van der Waals surface area contributed by atoms with Crippen LogP contribution >= 0.6 is 0 Å². The molecule has 0 bridgehead atoms. The summed E-state index contributed by atoms with van der Waals surface area (Å²) >= 11 is 0. The Kier molecular flexibility index (Phi) is 8.87. The van der Waals surface area contributed by atoms with Crippen LogP contribution in [0.5, 0.6) is 5.75 Å². The van der Waals surface area contributed by atoms with E-state index in [0.717, 1.165) is 31.9 Å². The third-order valence-electron chi connectivity index (χ3n) is 6.70. The normalized spacial score (nSPS) is 22.3. The number of aliphatic hydroxyl groups excluding tert-OH is 1. The Morgan fingerprint density at radius 2 is 1.97 bits per heavy atom. The fourth-order valence-electron chi connectivity index (χ4n) is 4.60. The first-order valence-corrected chi connectivity index (χ1v) is 14.1. The molecule has 1 saturated carbocycles. The number of hydrogen-bond donors (Lipinski definition) is 3. The maximum atomic E-state index is 13.4. The van der Waals surface area contributed by atoms with Crippen molar-refractivity contribution in [1.82, 2.24) is 15.1 Å². The first-order valence-electron chi connectivity index (χ1n) is 12.2. The van der Waals surface area contributed by atoms with E-state index in [4.69, 9.17) is 4.74 Å². The molecule has 2 aliphatic rings. The highest BCUT2D eigenvalue weighted by Gasteiger charge is 2.34. The molecule has 196 valence electrons. The highest BCUT2D eigenvalue weighted by molar-refractivity contribution is 7.92. The van der Waals surface area contributed by atoms with Crippen LogP contribution in [0.2, 0.25) is 0 Å². The van der Waals surface area contributed by atoms with E-state index < -0.39 is 22.2 Å². The quantitative estimate of drug-likeness (QED) is 0.516. The molecule has 0 radical (unpaired) electrons. The van der Waals surface area contributed by atoms with Crippen molar-refractivity contribution in [3.63, 3.8) is 0 Å². The number of benzene rings is 1. The Bertz CT molecular complexity index is 1010. The van der Waals surface area contributed by atoms with E-state index in [1.807, 2.05) is 6.92 Å². The first-order chi connectivity index (χ1) is 16.5. The number of aliphatic hydroxyl groups is 1. The number of hydrogen-bond acceptors (Lipinski definition) is 6. The fraction of sp³-hybridized carbons (Fsp3) is 0.667. The lowest BCUT2D eigenvalue weighted by atomic mass is 9.96. The molecule has 1 aromatic carbocycles. The Morgan fingerprint density at radius 1 is 1.29 bits per heavy atom. The van der Waals surface area contributed by atoms with E-state index >= 15 is 0 Å². The van der Waals surface area contributed by atoms with Gasteiger partial charge in [0.05, 0.1) is 31.0 Å². The Morgan fingerprint density at radius 3 is 2.60 bits per heavy atom. The Hall–Kier alpha value is -2.53. The molecule has 1 aliphatic heterocycles. The zero-order valence-electron chi connectivity index (χ0n) is 21.0. The largest absolute Gasteiger partial charge is 0.487 e. The van der Waals surface area contributed by atoms with Gasteiger partial charge in [-0.1, -0.05) is 26.2 Å². The standard InChI is InChI=1S/C24H38N4O6S/c1-16-13-28(17(2)15-29)23(30)20-12-19(26-35(4,32)33)10-11-21(20)34-22(16)14-27(3)24(31)25-18-8-6-5-7-9-18/h10-12,16-18,22,26,29H,5-9,13-15H2,1-4H3,(H,25,31)/t16-,17-,22-/m1/s1. The zero-order valence-corrected chi connectivity index (χ0v) is 21.8. The molecule has 11 heteroatoms. The number of anilines is 1. The zero-order chi connectivity index (χ0) is 25.8. The number of sulfonamides is 1. The van der Waals surface area contributed by atoms with E-state index in [1.54, 1.807) is 29.8 Å². The number of likely N-dealkylation sites (N-methyl/N-ethyl adjacent to an activating group) is 1. The predicted molar refractivity (Wildman–Crippen MR) is 134 cm³/mol. The number of carbonyl (C=O) groups is 2. The second-order valence-electron chi connectivity index (χ2n) is 9.87. The van der Waals surface area contributed by atoms with Crippen LogP contribution in [0.1, 0.15) is 56.3 Å². The average Bonchev–Trinajstić information content (AvgIpc) is 2.80. The van der Waals surface area contributed by atoms with Gasteiger partial charge < -0.3 is 25.0 Å². The van der Waals surface area contributed by atoms with Crippen molar-refractivity contribution in [2.75, 3.05) is 37.7 Å². The summed E-state index contributed by atoms with van der Waals surface area (Å²) in [4.78, 5) is 29.4. The van der Waals surface area contributed by atoms with Crippen LogP contribution in [-0.4, -0.2) is 86.4 Å². The first kappa shape index (κ1) is 27.1. The smallest absolute Gasteiger partial charge is 0.317 e. The maximum absolute atomic E-state index is 13.4. The van der Waals surface area contributed by atoms with Gasteiger partial charge in [0, 0.05) is 31.2 Å². The fourth-order valence-corrected chi connectivity index (χ4v) is 5.16. The summed E-state index contributed by atoms with van der Waals surface area (Å²) in [5, 5.41) is 12.9. The van der Waals surface area contributed by atoms with Gasteiger partial charge in [-0.2, -0.15) is 0 Å². The summed E-state index contributed by atoms with van der Waals surface area (Å²) in [5.41, 5.74) is 0.444. The van der Waals surface area contributed by atoms with Gasteiger partial charge in [-0.05, 0) is 38.0 Å². The van der Waals surface area contributed by atoms with Crippen LogP contribution in [0.15, 0.2) is 18.2 Å². The van der Waals surface area contributed by atoms with Gasteiger partial charge >= 0.3 is 6.03 Å². The molecule has 3 atom stereocenters. The topological polar surface area (TPSA) is 128 Å². The van der Waals surface area contributed by atoms with Crippen molar-refractivity contribution >= 4 is 27.6 Å². The van der Waals surface area contributed by atoms with Gasteiger partial charge in [-0.15, -0.1) is 0 Å². The third kappa shape index (κ3) is 7.23. The number of carbonyl (C=O) groups excluding carboxylic acids is 2. The molecule has 0 aromatic heterocycles. The van der Waals surface area contributed by atoms with Crippen molar-refractivity contribution in [1.29, 1.82) is 0 Å². The lowest BCUT2D eigenvalue weighted by molar-refractivity contribution is 0.0366. The summed E-state index contributed by atoms with van der Waals surface area (Å²) in [6.07, 6.45) is 6.04. The number of amides is 3. The van der Waals surface area contributed by atoms with Crippen LogP contribution in [0, 0.1) is 5.92 Å². The number of nitrogens with zero attached hydrogens (tertiary/aromatic N) is 2. The maximum Gasteiger partial charge on any atom is 0.317 e. The van der Waals surface area contributed by atoms with Crippen LogP contribution in [-0.2, 0) is 10.0 Å². The molecule has 10 nitrogen and oxygen atoms in total. The SMILES string of the molecule is C[C@@H]1CN([C@H](C)CO)C(=O)c2cc(NS(C)(=O)=O)ccc2O[C@@H]1CN(C)C(=O)NC1CCCCC1. The van der Waals surface area contributed by atoms with Gasteiger partial charge in [0.2, 0.25) is 10.0 Å². The summed E-state index contributed by atoms with van der Waals surface area (Å²) in [6, 6.07) is 4.14. The molecule has 0 saturated heterocycles. The number of urea groups is 1. The molecule has 1 fully saturated rings. The van der Waals surface area contributed by atoms with Gasteiger partial charge in [0.25, 0.3) is 5.91 Å². The molecule has 0 unspecified atom stereocenters. The summed E-state index contributed by atoms with van der Waals surface area (Å²) in [6.45, 7) is 4.10. The Balaban J connectivity index is 1.85. The van der Waals surface area contributed by atoms with Crippen LogP contribution in [0.3, 0.4) is 0 Å².